The molecule has 92 valence electrons. The minimum absolute atomic E-state index is 0.764. The predicted molar refractivity (Wildman–Crippen MR) is 74.3 cm³/mol. The van der Waals surface area contributed by atoms with Crippen LogP contribution in [0.4, 0.5) is 0 Å². The van der Waals surface area contributed by atoms with Gasteiger partial charge in [-0.1, -0.05) is 30.4 Å². The van der Waals surface area contributed by atoms with Crippen LogP contribution >= 0.6 is 0 Å². The lowest BCUT2D eigenvalue weighted by Crippen LogP contribution is -2.16. The molecule has 0 bridgehead atoms. The number of nitrogens with one attached hydrogen (secondary N) is 2. The zero-order chi connectivity index (χ0) is 12.6. The van der Waals surface area contributed by atoms with E-state index >= 15 is 0 Å². The summed E-state index contributed by atoms with van der Waals surface area (Å²) < 4.78 is 0. The maximum Gasteiger partial charge on any atom is 0.124 e. The van der Waals surface area contributed by atoms with Gasteiger partial charge in [0.15, 0.2) is 0 Å². The summed E-state index contributed by atoms with van der Waals surface area (Å²) in [5.41, 5.74) is 2.51. The highest BCUT2D eigenvalue weighted by Crippen LogP contribution is 2.17. The summed E-state index contributed by atoms with van der Waals surface area (Å²) in [7, 11) is 0. The maximum absolute atomic E-state index is 9.92. The third-order valence-corrected chi connectivity index (χ3v) is 2.81. The van der Waals surface area contributed by atoms with Crippen LogP contribution in [0.2, 0.25) is 0 Å². The fourth-order valence-corrected chi connectivity index (χ4v) is 1.92. The molecule has 1 aromatic heterocycles. The van der Waals surface area contributed by atoms with E-state index in [0.29, 0.717) is 0 Å². The minimum Gasteiger partial charge on any atom is -0.361 e. The summed E-state index contributed by atoms with van der Waals surface area (Å²) in [5.74, 6) is 1.71. The second-order valence-electron chi connectivity index (χ2n) is 4.03. The first-order valence-corrected chi connectivity index (χ1v) is 6.03. The molecule has 18 heavy (non-hydrogen) atoms. The van der Waals surface area contributed by atoms with Crippen molar-refractivity contribution >= 4 is 16.8 Å². The number of benzene rings is 1. The van der Waals surface area contributed by atoms with Crippen molar-refractivity contribution in [3.8, 4) is 0 Å². The van der Waals surface area contributed by atoms with Crippen LogP contribution in [0.1, 0.15) is 5.56 Å². The Morgan fingerprint density at radius 2 is 2.22 bits per heavy atom. The molecule has 3 heteroatoms. The predicted octanol–water partition coefficient (Wildman–Crippen LogP) is 2.24. The van der Waals surface area contributed by atoms with Gasteiger partial charge in [-0.05, 0) is 24.6 Å². The van der Waals surface area contributed by atoms with E-state index in [-0.39, 0.29) is 0 Å². The minimum atomic E-state index is 0.764. The molecule has 0 amide bonds. The number of para-hydroxylation sites is 1. The van der Waals surface area contributed by atoms with E-state index in [1.807, 2.05) is 12.1 Å². The van der Waals surface area contributed by atoms with Gasteiger partial charge in [0, 0.05) is 29.7 Å². The van der Waals surface area contributed by atoms with Gasteiger partial charge in [0.25, 0.3) is 0 Å². The van der Waals surface area contributed by atoms with Crippen molar-refractivity contribution in [1.29, 1.82) is 0 Å². The average molecular weight is 240 g/mol. The van der Waals surface area contributed by atoms with Gasteiger partial charge in [-0.2, -0.15) is 0 Å². The molecule has 2 aromatic rings. The molecule has 1 aromatic carbocycles. The number of fused-ring (bicyclic) bond motifs is 1. The third kappa shape index (κ3) is 3.20. The van der Waals surface area contributed by atoms with Crippen molar-refractivity contribution < 1.29 is 4.79 Å². The van der Waals surface area contributed by atoms with E-state index in [2.05, 4.69) is 34.7 Å². The topological polar surface area (TPSA) is 44.9 Å². The largest absolute Gasteiger partial charge is 0.361 e. The summed E-state index contributed by atoms with van der Waals surface area (Å²) in [6.07, 6.45) is 8.02. The fourth-order valence-electron chi connectivity index (χ4n) is 1.92. The van der Waals surface area contributed by atoms with Gasteiger partial charge in [0.1, 0.15) is 5.94 Å². The number of H-pyrrole nitrogens is 1. The average Bonchev–Trinajstić information content (AvgIpc) is 2.81. The molecule has 0 unspecified atom stereocenters. The number of aromatic nitrogens is 1. The Kier molecular flexibility index (Phi) is 4.53. The van der Waals surface area contributed by atoms with Crippen LogP contribution in [0.15, 0.2) is 48.7 Å². The first-order valence-electron chi connectivity index (χ1n) is 6.03. The van der Waals surface area contributed by atoms with Crippen molar-refractivity contribution in [3.63, 3.8) is 0 Å². The molecule has 0 aliphatic carbocycles. The van der Waals surface area contributed by atoms with Gasteiger partial charge >= 0.3 is 0 Å². The van der Waals surface area contributed by atoms with Gasteiger partial charge in [-0.3, -0.25) is 0 Å². The summed E-state index contributed by atoms with van der Waals surface area (Å²) in [4.78, 5) is 13.2. The Morgan fingerprint density at radius 3 is 3.11 bits per heavy atom. The Morgan fingerprint density at radius 1 is 1.33 bits per heavy atom. The molecular weight excluding hydrogens is 224 g/mol. The van der Waals surface area contributed by atoms with Gasteiger partial charge in [0.05, 0.1) is 0 Å². The van der Waals surface area contributed by atoms with Crippen LogP contribution in [-0.2, 0) is 11.2 Å². The van der Waals surface area contributed by atoms with E-state index in [1.54, 1.807) is 12.0 Å². The number of aromatic amines is 1. The molecule has 3 nitrogen and oxygen atoms in total. The molecule has 0 aliphatic heterocycles. The highest BCUT2D eigenvalue weighted by Gasteiger charge is 2.01. The fraction of sp³-hybridized carbons (Fsp3) is 0.200. The van der Waals surface area contributed by atoms with E-state index in [4.69, 9.17) is 0 Å². The summed E-state index contributed by atoms with van der Waals surface area (Å²) in [5, 5.41) is 4.59. The number of rotatable bonds is 6. The van der Waals surface area contributed by atoms with Crippen molar-refractivity contribution in [2.75, 3.05) is 13.1 Å². The van der Waals surface area contributed by atoms with Gasteiger partial charge in [0.2, 0.25) is 0 Å². The molecule has 0 atom stereocenters. The highest BCUT2D eigenvalue weighted by atomic mass is 16.1. The van der Waals surface area contributed by atoms with E-state index in [0.717, 1.165) is 19.5 Å². The number of hydrogen-bond donors (Lipinski definition) is 2. The second kappa shape index (κ2) is 6.60. The lowest BCUT2D eigenvalue weighted by Gasteiger charge is -2.00. The molecule has 0 radical (unpaired) electrons. The van der Waals surface area contributed by atoms with Crippen molar-refractivity contribution in [2.24, 2.45) is 0 Å². The molecular formula is C15H16N2O. The lowest BCUT2D eigenvalue weighted by molar-refractivity contribution is 0.569. The van der Waals surface area contributed by atoms with E-state index < -0.39 is 0 Å². The molecule has 2 N–H and O–H groups in total. The van der Waals surface area contributed by atoms with Gasteiger partial charge in [-0.15, -0.1) is 0 Å². The highest BCUT2D eigenvalue weighted by molar-refractivity contribution is 5.83. The first-order chi connectivity index (χ1) is 8.92. The molecule has 2 rings (SSSR count). The Balaban J connectivity index is 1.82. The van der Waals surface area contributed by atoms with Crippen LogP contribution in [0.3, 0.4) is 0 Å². The van der Waals surface area contributed by atoms with Crippen molar-refractivity contribution in [1.82, 2.24) is 10.3 Å². The third-order valence-electron chi connectivity index (χ3n) is 2.81. The van der Waals surface area contributed by atoms with Crippen molar-refractivity contribution in [3.05, 3.63) is 54.3 Å². The smallest absolute Gasteiger partial charge is 0.124 e. The maximum atomic E-state index is 9.92. The zero-order valence-electron chi connectivity index (χ0n) is 10.1. The molecule has 0 fully saturated rings. The second-order valence-corrected chi connectivity index (χ2v) is 4.03. The molecule has 0 saturated carbocycles. The number of allylic oxidation sites excluding steroid dienone is 2. The van der Waals surface area contributed by atoms with Gasteiger partial charge in [-0.25, -0.2) is 4.79 Å². The zero-order valence-corrected chi connectivity index (χ0v) is 10.1. The van der Waals surface area contributed by atoms with Crippen molar-refractivity contribution in [2.45, 2.75) is 6.42 Å². The Hall–Kier alpha value is -2.09. The Bertz CT molecular complexity index is 577. The Labute approximate surface area is 106 Å². The van der Waals surface area contributed by atoms with E-state index in [1.165, 1.54) is 22.5 Å². The van der Waals surface area contributed by atoms with Crippen LogP contribution in [0.25, 0.3) is 10.9 Å². The number of hydrogen-bond acceptors (Lipinski definition) is 2. The van der Waals surface area contributed by atoms with Crippen LogP contribution in [-0.4, -0.2) is 24.0 Å². The van der Waals surface area contributed by atoms with Gasteiger partial charge < -0.3 is 10.3 Å². The monoisotopic (exact) mass is 240 g/mol. The summed E-state index contributed by atoms with van der Waals surface area (Å²) in [6, 6.07) is 8.31. The normalized spacial score (nSPS) is 10.9. The van der Waals surface area contributed by atoms with Crippen LogP contribution in [0, 0.1) is 0 Å². The van der Waals surface area contributed by atoms with Crippen LogP contribution in [0.5, 0.6) is 0 Å². The van der Waals surface area contributed by atoms with Crippen LogP contribution < -0.4 is 5.32 Å². The molecule has 1 heterocycles. The molecule has 0 aliphatic rings. The quantitative estimate of drug-likeness (QED) is 0.462. The lowest BCUT2D eigenvalue weighted by atomic mass is 10.1. The first kappa shape index (κ1) is 12.4. The van der Waals surface area contributed by atoms with E-state index in [9.17, 15) is 4.79 Å². The molecule has 0 saturated heterocycles. The SMILES string of the molecule is O=C=CC=CCNCCc1c[nH]c2ccccc12. The molecule has 0 spiro atoms. The standard InChI is InChI=1S/C15H16N2O/c18-11-5-1-4-9-16-10-8-13-12-17-15-7-3-2-6-14(13)15/h1-7,12,16-17H,8-10H2. The summed E-state index contributed by atoms with van der Waals surface area (Å²) in [6.45, 7) is 1.68. The summed E-state index contributed by atoms with van der Waals surface area (Å²) >= 11 is 0. The number of carbonyl (C=O) groups excluding carboxylic acids is 1.